The van der Waals surface area contributed by atoms with Gasteiger partial charge < -0.3 is 4.90 Å². The zero-order valence-corrected chi connectivity index (χ0v) is 32.8. The van der Waals surface area contributed by atoms with Gasteiger partial charge in [0.25, 0.3) is 0 Å². The predicted octanol–water partition coefficient (Wildman–Crippen LogP) is 15.5. The zero-order valence-electron chi connectivity index (χ0n) is 32.8. The number of anilines is 3. The first kappa shape index (κ1) is 34.1. The number of rotatable bonds is 7. The van der Waals surface area contributed by atoms with Gasteiger partial charge in [0.1, 0.15) is 0 Å². The van der Waals surface area contributed by atoms with Crippen LogP contribution in [0.1, 0.15) is 62.1 Å². The second-order valence-electron chi connectivity index (χ2n) is 17.2. The Morgan fingerprint density at radius 1 is 0.456 bits per heavy atom. The van der Waals surface area contributed by atoms with E-state index in [-0.39, 0.29) is 5.41 Å². The van der Waals surface area contributed by atoms with Crippen LogP contribution in [0.3, 0.4) is 0 Å². The van der Waals surface area contributed by atoms with E-state index in [1.54, 1.807) is 5.56 Å². The van der Waals surface area contributed by atoms with Crippen molar-refractivity contribution in [1.29, 1.82) is 0 Å². The lowest BCUT2D eigenvalue weighted by atomic mass is 9.79. The van der Waals surface area contributed by atoms with Gasteiger partial charge in [-0.25, -0.2) is 0 Å². The Kier molecular flexibility index (Phi) is 8.07. The summed E-state index contributed by atoms with van der Waals surface area (Å²) in [4.78, 5) is 2.47. The van der Waals surface area contributed by atoms with Gasteiger partial charge in [-0.3, -0.25) is 0 Å². The van der Waals surface area contributed by atoms with E-state index in [2.05, 4.69) is 201 Å². The molecule has 3 aliphatic carbocycles. The molecule has 0 saturated heterocycles. The summed E-state index contributed by atoms with van der Waals surface area (Å²) in [6.45, 7) is 4.74. The highest BCUT2D eigenvalue weighted by Crippen LogP contribution is 2.55. The van der Waals surface area contributed by atoms with E-state index >= 15 is 0 Å². The smallest absolute Gasteiger partial charge is 0.0540 e. The van der Waals surface area contributed by atoms with Crippen LogP contribution in [0.5, 0.6) is 0 Å². The van der Waals surface area contributed by atoms with Crippen LogP contribution in [0.15, 0.2) is 182 Å². The largest absolute Gasteiger partial charge is 0.310 e. The molecule has 2 bridgehead atoms. The third-order valence-corrected chi connectivity index (χ3v) is 13.8. The zero-order chi connectivity index (χ0) is 38.1. The Bertz CT molecular complexity index is 2780. The summed E-state index contributed by atoms with van der Waals surface area (Å²) in [5.74, 6) is 2.39. The summed E-state index contributed by atoms with van der Waals surface area (Å²) < 4.78 is 0. The first-order valence-electron chi connectivity index (χ1n) is 20.9. The van der Waals surface area contributed by atoms with Crippen molar-refractivity contribution in [3.8, 4) is 44.5 Å². The maximum Gasteiger partial charge on any atom is 0.0540 e. The molecule has 276 valence electrons. The number of benzene rings is 8. The van der Waals surface area contributed by atoms with Crippen LogP contribution in [-0.4, -0.2) is 0 Å². The van der Waals surface area contributed by atoms with Gasteiger partial charge in [0.15, 0.2) is 0 Å². The minimum atomic E-state index is -0.0991. The molecule has 0 amide bonds. The highest BCUT2D eigenvalue weighted by molar-refractivity contribution is 6.08. The second-order valence-corrected chi connectivity index (χ2v) is 17.2. The van der Waals surface area contributed by atoms with Crippen molar-refractivity contribution in [2.45, 2.75) is 50.9 Å². The monoisotopic (exact) mass is 733 g/mol. The Labute approximate surface area is 337 Å². The minimum absolute atomic E-state index is 0.0991. The molecule has 1 heteroatoms. The normalized spacial score (nSPS) is 18.7. The lowest BCUT2D eigenvalue weighted by molar-refractivity contribution is 0.422. The quantitative estimate of drug-likeness (QED) is 0.158. The van der Waals surface area contributed by atoms with Crippen LogP contribution in [-0.2, 0) is 5.41 Å². The van der Waals surface area contributed by atoms with Crippen LogP contribution < -0.4 is 4.90 Å². The van der Waals surface area contributed by atoms with Crippen molar-refractivity contribution in [3.05, 3.63) is 199 Å². The molecule has 3 aliphatic rings. The maximum absolute atomic E-state index is 2.48. The molecule has 2 fully saturated rings. The lowest BCUT2D eigenvalue weighted by Crippen LogP contribution is -2.16. The minimum Gasteiger partial charge on any atom is -0.310 e. The van der Waals surface area contributed by atoms with Gasteiger partial charge in [-0.2, -0.15) is 0 Å². The van der Waals surface area contributed by atoms with E-state index in [4.69, 9.17) is 0 Å². The standard InChI is InChI=1S/C56H47N/c1-56(2)52-22-11-9-19-48(52)49-31-30-43(36-53(49)56)57(54-23-12-10-18-44(54)38-14-5-3-6-15-38)42-28-26-40(27-29-42)46-32-33-47(51-35-37-24-25-41(51)34-37)50-21-13-20-45(55(46)50)39-16-7-4-8-17-39/h3-23,26-33,36-37,41,51H,24-25,34-35H2,1-2H3. The third kappa shape index (κ3) is 5.59. The molecule has 0 aliphatic heterocycles. The molecule has 0 heterocycles. The van der Waals surface area contributed by atoms with E-state index in [0.29, 0.717) is 5.92 Å². The molecule has 2 saturated carbocycles. The van der Waals surface area contributed by atoms with Crippen molar-refractivity contribution >= 4 is 27.8 Å². The number of fused-ring (bicyclic) bond motifs is 6. The highest BCUT2D eigenvalue weighted by Gasteiger charge is 2.41. The summed E-state index contributed by atoms with van der Waals surface area (Å²) >= 11 is 0. The van der Waals surface area contributed by atoms with Gasteiger partial charge in [-0.1, -0.05) is 172 Å². The molecule has 1 nitrogen and oxygen atoms in total. The van der Waals surface area contributed by atoms with E-state index < -0.39 is 0 Å². The number of para-hydroxylation sites is 1. The average molecular weight is 734 g/mol. The maximum atomic E-state index is 2.48. The fraction of sp³-hybridized carbons (Fsp3) is 0.179. The van der Waals surface area contributed by atoms with Crippen molar-refractivity contribution < 1.29 is 0 Å². The van der Waals surface area contributed by atoms with Crippen molar-refractivity contribution in [2.75, 3.05) is 4.90 Å². The molecular formula is C56H47N. The molecule has 0 N–H and O–H groups in total. The third-order valence-electron chi connectivity index (χ3n) is 13.8. The van der Waals surface area contributed by atoms with Crippen molar-refractivity contribution in [3.63, 3.8) is 0 Å². The van der Waals surface area contributed by atoms with Gasteiger partial charge in [-0.15, -0.1) is 0 Å². The van der Waals surface area contributed by atoms with Crippen molar-refractivity contribution in [2.24, 2.45) is 11.8 Å². The Hall–Kier alpha value is -6.18. The fourth-order valence-corrected chi connectivity index (χ4v) is 11.1. The number of nitrogens with zero attached hydrogens (tertiary/aromatic N) is 1. The van der Waals surface area contributed by atoms with Crippen molar-refractivity contribution in [1.82, 2.24) is 0 Å². The molecule has 11 rings (SSSR count). The average Bonchev–Trinajstić information content (AvgIpc) is 3.97. The van der Waals surface area contributed by atoms with Crippen LogP contribution in [0.2, 0.25) is 0 Å². The topological polar surface area (TPSA) is 3.24 Å². The SMILES string of the molecule is CC1(C)c2ccccc2-c2ccc(N(c3ccc(-c4ccc(C5CC6CCC5C6)c5cccc(-c6ccccc6)c45)cc3)c3ccccc3-c3ccccc3)cc21. The molecule has 8 aromatic rings. The molecule has 3 atom stereocenters. The Morgan fingerprint density at radius 2 is 1.05 bits per heavy atom. The van der Waals surface area contributed by atoms with E-state index in [1.165, 1.54) is 92.1 Å². The number of hydrogen-bond donors (Lipinski definition) is 0. The lowest BCUT2D eigenvalue weighted by Gasteiger charge is -2.30. The molecule has 0 spiro atoms. The first-order chi connectivity index (χ1) is 28.0. The van der Waals surface area contributed by atoms with E-state index in [0.717, 1.165) is 28.9 Å². The second kappa shape index (κ2) is 13.5. The van der Waals surface area contributed by atoms with Crippen LogP contribution in [0.4, 0.5) is 17.1 Å². The molecule has 8 aromatic carbocycles. The predicted molar refractivity (Wildman–Crippen MR) is 241 cm³/mol. The van der Waals surface area contributed by atoms with E-state index in [1.807, 2.05) is 0 Å². The van der Waals surface area contributed by atoms with Gasteiger partial charge in [0.2, 0.25) is 0 Å². The Morgan fingerprint density at radius 3 is 1.79 bits per heavy atom. The van der Waals surface area contributed by atoms with Crippen LogP contribution in [0, 0.1) is 11.8 Å². The van der Waals surface area contributed by atoms with Crippen LogP contribution in [0.25, 0.3) is 55.3 Å². The fourth-order valence-electron chi connectivity index (χ4n) is 11.1. The van der Waals surface area contributed by atoms with Crippen LogP contribution >= 0.6 is 0 Å². The van der Waals surface area contributed by atoms with E-state index in [9.17, 15) is 0 Å². The highest BCUT2D eigenvalue weighted by atomic mass is 15.1. The van der Waals surface area contributed by atoms with Gasteiger partial charge in [0, 0.05) is 22.4 Å². The molecular weight excluding hydrogens is 687 g/mol. The molecule has 3 unspecified atom stereocenters. The number of hydrogen-bond acceptors (Lipinski definition) is 1. The van der Waals surface area contributed by atoms with Gasteiger partial charge in [-0.05, 0) is 134 Å². The molecule has 0 aromatic heterocycles. The summed E-state index contributed by atoms with van der Waals surface area (Å²) in [6.07, 6.45) is 5.56. The summed E-state index contributed by atoms with van der Waals surface area (Å²) in [6, 6.07) is 68.0. The molecule has 0 radical (unpaired) electrons. The summed E-state index contributed by atoms with van der Waals surface area (Å²) in [5.41, 5.74) is 17.9. The van der Waals surface area contributed by atoms with Gasteiger partial charge >= 0.3 is 0 Å². The first-order valence-corrected chi connectivity index (χ1v) is 20.9. The Balaban J connectivity index is 1.07. The summed E-state index contributed by atoms with van der Waals surface area (Å²) in [5, 5.41) is 2.80. The van der Waals surface area contributed by atoms with Gasteiger partial charge in [0.05, 0.1) is 5.69 Å². The molecule has 57 heavy (non-hydrogen) atoms. The summed E-state index contributed by atoms with van der Waals surface area (Å²) in [7, 11) is 0.